The third kappa shape index (κ3) is 4.01. The Kier molecular flexibility index (Phi) is 4.51. The van der Waals surface area contributed by atoms with E-state index in [1.807, 2.05) is 4.57 Å². The minimum Gasteiger partial charge on any atom is -0.481 e. The van der Waals surface area contributed by atoms with Gasteiger partial charge < -0.3 is 14.6 Å². The Hall–Kier alpha value is -2.45. The average Bonchev–Trinajstić information content (AvgIpc) is 2.84. The molecule has 2 N–H and O–H groups in total. The summed E-state index contributed by atoms with van der Waals surface area (Å²) in [6, 6.07) is -0.489. The lowest BCUT2D eigenvalue weighted by molar-refractivity contribution is -0.138. The van der Waals surface area contributed by atoms with Gasteiger partial charge in [0.25, 0.3) is 0 Å². The summed E-state index contributed by atoms with van der Waals surface area (Å²) in [7, 11) is 0. The number of aromatic nitrogens is 3. The molecule has 21 heavy (non-hydrogen) atoms. The second-order valence-electron chi connectivity index (χ2n) is 5.12. The van der Waals surface area contributed by atoms with Gasteiger partial charge in [-0.2, -0.15) is 0 Å². The average molecular weight is 295 g/mol. The lowest BCUT2D eigenvalue weighted by Crippen LogP contribution is -2.46. The zero-order valence-corrected chi connectivity index (χ0v) is 11.7. The van der Waals surface area contributed by atoms with Crippen molar-refractivity contribution in [3.8, 4) is 0 Å². The van der Waals surface area contributed by atoms with Crippen LogP contribution in [-0.2, 0) is 22.7 Å². The quantitative estimate of drug-likeness (QED) is 0.796. The molecule has 2 heterocycles. The van der Waals surface area contributed by atoms with Crippen molar-refractivity contribution in [1.29, 1.82) is 0 Å². The monoisotopic (exact) mass is 295 g/mol. The molecular weight excluding hydrogens is 278 g/mol. The fraction of sp³-hybridized carbons (Fsp3) is 0.583. The van der Waals surface area contributed by atoms with Gasteiger partial charge >= 0.3 is 12.0 Å². The molecule has 1 aromatic heterocycles. The van der Waals surface area contributed by atoms with Crippen LogP contribution in [0.4, 0.5) is 4.79 Å². The Morgan fingerprint density at radius 3 is 2.86 bits per heavy atom. The highest BCUT2D eigenvalue weighted by atomic mass is 16.4. The Bertz CT molecular complexity index is 556. The molecule has 0 aromatic carbocycles. The fourth-order valence-corrected chi connectivity index (χ4v) is 2.18. The van der Waals surface area contributed by atoms with Gasteiger partial charge in [0.1, 0.15) is 6.33 Å². The molecule has 1 aliphatic heterocycles. The predicted octanol–water partition coefficient (Wildman–Crippen LogP) is -0.169. The number of nitrogens with one attached hydrogen (secondary N) is 1. The lowest BCUT2D eigenvalue weighted by Gasteiger charge is -2.26. The van der Waals surface area contributed by atoms with Crippen LogP contribution in [-0.4, -0.2) is 49.2 Å². The third-order valence-electron chi connectivity index (χ3n) is 3.23. The first-order valence-corrected chi connectivity index (χ1v) is 6.63. The summed E-state index contributed by atoms with van der Waals surface area (Å²) in [5, 5.41) is 18.6. The van der Waals surface area contributed by atoms with E-state index < -0.39 is 17.9 Å². The summed E-state index contributed by atoms with van der Waals surface area (Å²) in [5.41, 5.74) is 0. The number of urea groups is 1. The first-order valence-electron chi connectivity index (χ1n) is 6.63. The van der Waals surface area contributed by atoms with Crippen LogP contribution < -0.4 is 5.32 Å². The molecule has 1 aromatic rings. The van der Waals surface area contributed by atoms with Crippen molar-refractivity contribution in [3.63, 3.8) is 0 Å². The van der Waals surface area contributed by atoms with Crippen LogP contribution in [0.2, 0.25) is 0 Å². The van der Waals surface area contributed by atoms with Gasteiger partial charge in [0.05, 0.1) is 6.54 Å². The maximum Gasteiger partial charge on any atom is 0.324 e. The molecule has 1 atom stereocenters. The molecule has 0 saturated carbocycles. The van der Waals surface area contributed by atoms with Gasteiger partial charge in [-0.15, -0.1) is 10.2 Å². The van der Waals surface area contributed by atoms with Crippen LogP contribution in [0.15, 0.2) is 6.33 Å². The first kappa shape index (κ1) is 14.9. The highest BCUT2D eigenvalue weighted by Crippen LogP contribution is 2.10. The number of imide groups is 1. The summed E-state index contributed by atoms with van der Waals surface area (Å²) >= 11 is 0. The number of rotatable bonds is 4. The number of nitrogens with zero attached hydrogens (tertiary/aromatic N) is 4. The zero-order valence-electron chi connectivity index (χ0n) is 11.7. The van der Waals surface area contributed by atoms with E-state index in [4.69, 9.17) is 5.11 Å². The summed E-state index contributed by atoms with van der Waals surface area (Å²) in [6.45, 7) is 3.00. The SMILES string of the molecule is CC(CC(=O)O)CC(=O)NC(=O)N1CCn2cnnc2C1. The van der Waals surface area contributed by atoms with Crippen molar-refractivity contribution in [1.82, 2.24) is 25.0 Å². The Labute approximate surface area is 120 Å². The van der Waals surface area contributed by atoms with Crippen molar-refractivity contribution in [2.24, 2.45) is 5.92 Å². The van der Waals surface area contributed by atoms with Gasteiger partial charge in [-0.25, -0.2) is 4.79 Å². The normalized spacial score (nSPS) is 15.2. The van der Waals surface area contributed by atoms with Crippen LogP contribution >= 0.6 is 0 Å². The summed E-state index contributed by atoms with van der Waals surface area (Å²) in [6.07, 6.45) is 1.50. The molecule has 0 fully saturated rings. The van der Waals surface area contributed by atoms with E-state index in [2.05, 4.69) is 15.5 Å². The number of carbonyl (C=O) groups is 3. The van der Waals surface area contributed by atoms with E-state index in [-0.39, 0.29) is 18.8 Å². The van der Waals surface area contributed by atoms with Gasteiger partial charge in [0, 0.05) is 25.9 Å². The molecule has 0 bridgehead atoms. The van der Waals surface area contributed by atoms with Crippen LogP contribution in [0.25, 0.3) is 0 Å². The Balaban J connectivity index is 1.82. The topological polar surface area (TPSA) is 117 Å². The molecule has 1 unspecified atom stereocenters. The van der Waals surface area contributed by atoms with Crippen molar-refractivity contribution in [3.05, 3.63) is 12.2 Å². The van der Waals surface area contributed by atoms with Crippen molar-refractivity contribution in [2.45, 2.75) is 32.9 Å². The molecule has 0 aliphatic carbocycles. The molecule has 2 rings (SSSR count). The minimum atomic E-state index is -0.961. The number of hydrogen-bond donors (Lipinski definition) is 2. The van der Waals surface area contributed by atoms with E-state index in [9.17, 15) is 14.4 Å². The molecular formula is C12H17N5O4. The Morgan fingerprint density at radius 2 is 2.14 bits per heavy atom. The van der Waals surface area contributed by atoms with Gasteiger partial charge in [-0.3, -0.25) is 14.9 Å². The van der Waals surface area contributed by atoms with Crippen molar-refractivity contribution in [2.75, 3.05) is 6.54 Å². The minimum absolute atomic E-state index is 0.00205. The summed E-state index contributed by atoms with van der Waals surface area (Å²) in [4.78, 5) is 35.7. The fourth-order valence-electron chi connectivity index (χ4n) is 2.18. The van der Waals surface area contributed by atoms with Gasteiger partial charge in [-0.05, 0) is 5.92 Å². The van der Waals surface area contributed by atoms with Crippen molar-refractivity contribution >= 4 is 17.9 Å². The molecule has 9 heteroatoms. The summed E-state index contributed by atoms with van der Waals surface area (Å²) in [5.74, 6) is -1.08. The highest BCUT2D eigenvalue weighted by Gasteiger charge is 2.23. The van der Waals surface area contributed by atoms with E-state index in [0.29, 0.717) is 25.5 Å². The molecule has 114 valence electrons. The number of hydrogen-bond acceptors (Lipinski definition) is 5. The molecule has 0 radical (unpaired) electrons. The van der Waals surface area contributed by atoms with E-state index in [1.165, 1.54) is 4.90 Å². The van der Waals surface area contributed by atoms with E-state index >= 15 is 0 Å². The van der Waals surface area contributed by atoms with Crippen LogP contribution in [0.1, 0.15) is 25.6 Å². The smallest absolute Gasteiger partial charge is 0.324 e. The molecule has 0 saturated heterocycles. The molecule has 3 amide bonds. The van der Waals surface area contributed by atoms with Gasteiger partial charge in [0.15, 0.2) is 5.82 Å². The number of aliphatic carboxylic acids is 1. The maximum atomic E-state index is 12.0. The standard InChI is InChI=1S/C12H17N5O4/c1-8(5-11(19)20)4-10(18)14-12(21)16-2-3-17-7-13-15-9(17)6-16/h7-8H,2-6H2,1H3,(H,19,20)(H,14,18,21). The lowest BCUT2D eigenvalue weighted by atomic mass is 10.0. The van der Waals surface area contributed by atoms with E-state index in [0.717, 1.165) is 0 Å². The first-order chi connectivity index (χ1) is 9.95. The second-order valence-corrected chi connectivity index (χ2v) is 5.12. The van der Waals surface area contributed by atoms with Crippen molar-refractivity contribution < 1.29 is 19.5 Å². The van der Waals surface area contributed by atoms with Crippen LogP contribution in [0.5, 0.6) is 0 Å². The maximum absolute atomic E-state index is 12.0. The number of carboxylic acid groups (broad SMARTS) is 1. The number of carboxylic acids is 1. The predicted molar refractivity (Wildman–Crippen MR) is 70.0 cm³/mol. The second kappa shape index (κ2) is 6.33. The number of fused-ring (bicyclic) bond motifs is 1. The van der Waals surface area contributed by atoms with Gasteiger partial charge in [0.2, 0.25) is 5.91 Å². The number of carbonyl (C=O) groups excluding carboxylic acids is 2. The van der Waals surface area contributed by atoms with Crippen LogP contribution in [0.3, 0.4) is 0 Å². The molecule has 1 aliphatic rings. The van der Waals surface area contributed by atoms with Gasteiger partial charge in [-0.1, -0.05) is 6.92 Å². The largest absolute Gasteiger partial charge is 0.481 e. The molecule has 9 nitrogen and oxygen atoms in total. The summed E-state index contributed by atoms with van der Waals surface area (Å²) < 4.78 is 1.85. The number of amides is 3. The van der Waals surface area contributed by atoms with E-state index in [1.54, 1.807) is 13.3 Å². The third-order valence-corrected chi connectivity index (χ3v) is 3.23. The molecule has 0 spiro atoms. The highest BCUT2D eigenvalue weighted by molar-refractivity contribution is 5.94. The van der Waals surface area contributed by atoms with Crippen LogP contribution in [0, 0.1) is 5.92 Å². The Morgan fingerprint density at radius 1 is 1.38 bits per heavy atom. The zero-order chi connectivity index (χ0) is 15.4.